The van der Waals surface area contributed by atoms with Gasteiger partial charge in [-0.05, 0) is 61.4 Å². The van der Waals surface area contributed by atoms with E-state index in [4.69, 9.17) is 18.9 Å². The third kappa shape index (κ3) is 5.53. The molecule has 0 unspecified atom stereocenters. The van der Waals surface area contributed by atoms with Gasteiger partial charge in [0.05, 0.1) is 35.6 Å². The minimum atomic E-state index is -0.709. The van der Waals surface area contributed by atoms with Crippen LogP contribution < -0.4 is 19.6 Å². The maximum Gasteiger partial charge on any atom is 0.338 e. The standard InChI is InChI=1S/C30H26Br2N2O5S/c1-4-7-23-26(29(36)38-5-2)27(17-8-6-9-19(14-17)37-3)34-28(35)25(40-30(34)33-23)16-20-11-13-24(39-20)21-15-18(31)10-12-22(21)32/h6,8-16,27H,4-5,7H2,1-3H3/b25-16+/t27-/m0/s1. The molecule has 1 atom stereocenters. The predicted molar refractivity (Wildman–Crippen MR) is 162 cm³/mol. The molecule has 2 aromatic carbocycles. The molecule has 0 bridgehead atoms. The number of hydrogen-bond donors (Lipinski definition) is 0. The number of benzene rings is 2. The summed E-state index contributed by atoms with van der Waals surface area (Å²) in [6, 6.07) is 16.2. The summed E-state index contributed by atoms with van der Waals surface area (Å²) < 4.78 is 20.9. The maximum absolute atomic E-state index is 13.9. The number of thiazole rings is 1. The van der Waals surface area contributed by atoms with Gasteiger partial charge in [0.15, 0.2) is 4.80 Å². The first-order valence-electron chi connectivity index (χ1n) is 12.8. The van der Waals surface area contributed by atoms with E-state index in [-0.39, 0.29) is 12.2 Å². The molecule has 10 heteroatoms. The highest BCUT2D eigenvalue weighted by Crippen LogP contribution is 2.34. The lowest BCUT2D eigenvalue weighted by Gasteiger charge is -2.26. The van der Waals surface area contributed by atoms with Crippen molar-refractivity contribution < 1.29 is 18.7 Å². The molecular weight excluding hydrogens is 660 g/mol. The summed E-state index contributed by atoms with van der Waals surface area (Å²) in [6.07, 6.45) is 3.07. The number of fused-ring (bicyclic) bond motifs is 1. The van der Waals surface area contributed by atoms with Crippen LogP contribution in [0.3, 0.4) is 0 Å². The molecule has 40 heavy (non-hydrogen) atoms. The fraction of sp³-hybridized carbons (Fsp3) is 0.233. The molecule has 7 nitrogen and oxygen atoms in total. The number of rotatable bonds is 8. The third-order valence-corrected chi connectivity index (χ3v) is 8.56. The maximum atomic E-state index is 13.9. The molecule has 4 aromatic rings. The molecule has 0 aliphatic carbocycles. The molecule has 0 saturated carbocycles. The summed E-state index contributed by atoms with van der Waals surface area (Å²) in [7, 11) is 1.58. The number of carbonyl (C=O) groups excluding carboxylic acids is 1. The smallest absolute Gasteiger partial charge is 0.338 e. The monoisotopic (exact) mass is 684 g/mol. The number of hydrogen-bond acceptors (Lipinski definition) is 7. The summed E-state index contributed by atoms with van der Waals surface area (Å²) in [5.74, 6) is 1.34. The molecule has 206 valence electrons. The van der Waals surface area contributed by atoms with Crippen LogP contribution in [0, 0.1) is 0 Å². The summed E-state index contributed by atoms with van der Waals surface area (Å²) >= 11 is 8.34. The highest BCUT2D eigenvalue weighted by Gasteiger charge is 2.34. The lowest BCUT2D eigenvalue weighted by atomic mass is 9.94. The second kappa shape index (κ2) is 12.1. The van der Waals surface area contributed by atoms with E-state index in [2.05, 4.69) is 31.9 Å². The number of carbonyl (C=O) groups is 1. The van der Waals surface area contributed by atoms with Crippen molar-refractivity contribution in [2.45, 2.75) is 32.7 Å². The van der Waals surface area contributed by atoms with Crippen molar-refractivity contribution in [3.63, 3.8) is 0 Å². The molecule has 0 radical (unpaired) electrons. The second-order valence-corrected chi connectivity index (χ2v) is 11.8. The first-order chi connectivity index (χ1) is 19.3. The van der Waals surface area contributed by atoms with Crippen LogP contribution in [0.15, 0.2) is 89.0 Å². The molecule has 0 N–H and O–H groups in total. The number of allylic oxidation sites excluding steroid dienone is 1. The normalized spacial score (nSPS) is 15.1. The Morgan fingerprint density at radius 2 is 1.98 bits per heavy atom. The number of esters is 1. The van der Waals surface area contributed by atoms with Gasteiger partial charge in [-0.25, -0.2) is 9.79 Å². The van der Waals surface area contributed by atoms with Crippen LogP contribution in [0.4, 0.5) is 0 Å². The van der Waals surface area contributed by atoms with E-state index in [1.165, 1.54) is 11.3 Å². The van der Waals surface area contributed by atoms with Crippen LogP contribution in [0.1, 0.15) is 44.1 Å². The van der Waals surface area contributed by atoms with Crippen molar-refractivity contribution in [2.75, 3.05) is 13.7 Å². The van der Waals surface area contributed by atoms with Gasteiger partial charge in [-0.2, -0.15) is 0 Å². The summed E-state index contributed by atoms with van der Waals surface area (Å²) in [5, 5.41) is 0. The zero-order valence-electron chi connectivity index (χ0n) is 22.1. The van der Waals surface area contributed by atoms with Crippen LogP contribution in [0.5, 0.6) is 5.75 Å². The van der Waals surface area contributed by atoms with Gasteiger partial charge in [-0.15, -0.1) is 0 Å². The average Bonchev–Trinajstić information content (AvgIpc) is 3.53. The molecule has 0 fully saturated rings. The topological polar surface area (TPSA) is 83.0 Å². The number of halogens is 2. The van der Waals surface area contributed by atoms with Gasteiger partial charge < -0.3 is 13.9 Å². The Morgan fingerprint density at radius 1 is 1.15 bits per heavy atom. The van der Waals surface area contributed by atoms with Crippen LogP contribution in [-0.2, 0) is 9.53 Å². The molecule has 2 aromatic heterocycles. The van der Waals surface area contributed by atoms with Crippen molar-refractivity contribution in [2.24, 2.45) is 4.99 Å². The zero-order chi connectivity index (χ0) is 28.4. The van der Waals surface area contributed by atoms with Crippen molar-refractivity contribution in [1.29, 1.82) is 0 Å². The molecule has 0 saturated heterocycles. The van der Waals surface area contributed by atoms with E-state index in [9.17, 15) is 9.59 Å². The fourth-order valence-corrected chi connectivity index (χ4v) is 6.44. The van der Waals surface area contributed by atoms with Crippen molar-refractivity contribution in [3.05, 3.63) is 106 Å². The van der Waals surface area contributed by atoms with Gasteiger partial charge in [0, 0.05) is 20.6 Å². The number of nitrogens with zero attached hydrogens (tertiary/aromatic N) is 2. The third-order valence-electron chi connectivity index (χ3n) is 6.40. The van der Waals surface area contributed by atoms with Gasteiger partial charge in [0.1, 0.15) is 17.3 Å². The van der Waals surface area contributed by atoms with Crippen molar-refractivity contribution in [1.82, 2.24) is 4.57 Å². The highest BCUT2D eigenvalue weighted by molar-refractivity contribution is 9.11. The van der Waals surface area contributed by atoms with Crippen LogP contribution in [-0.4, -0.2) is 24.3 Å². The molecular formula is C30H26Br2N2O5S. The molecule has 5 rings (SSSR count). The summed E-state index contributed by atoms with van der Waals surface area (Å²) in [5.41, 5.74) is 2.35. The van der Waals surface area contributed by atoms with E-state index in [1.807, 2.05) is 61.5 Å². The summed E-state index contributed by atoms with van der Waals surface area (Å²) in [4.78, 5) is 32.6. The van der Waals surface area contributed by atoms with Gasteiger partial charge in [0.2, 0.25) is 0 Å². The number of ether oxygens (including phenoxy) is 2. The Kier molecular flexibility index (Phi) is 8.58. The van der Waals surface area contributed by atoms with Gasteiger partial charge in [0.25, 0.3) is 5.56 Å². The van der Waals surface area contributed by atoms with Gasteiger partial charge in [-0.3, -0.25) is 9.36 Å². The minimum absolute atomic E-state index is 0.214. The Morgan fingerprint density at radius 3 is 2.73 bits per heavy atom. The quantitative estimate of drug-likeness (QED) is 0.201. The zero-order valence-corrected chi connectivity index (χ0v) is 26.1. The minimum Gasteiger partial charge on any atom is -0.497 e. The lowest BCUT2D eigenvalue weighted by molar-refractivity contribution is -0.139. The molecule has 0 spiro atoms. The molecule has 3 heterocycles. The first-order valence-corrected chi connectivity index (χ1v) is 15.2. The Hall–Kier alpha value is -3.21. The van der Waals surface area contributed by atoms with E-state index in [0.717, 1.165) is 26.5 Å². The predicted octanol–water partition coefficient (Wildman–Crippen LogP) is 6.37. The number of furan rings is 1. The lowest BCUT2D eigenvalue weighted by Crippen LogP contribution is -2.40. The Bertz CT molecular complexity index is 1800. The number of methoxy groups -OCH3 is 1. The summed E-state index contributed by atoms with van der Waals surface area (Å²) in [6.45, 7) is 4.00. The van der Waals surface area contributed by atoms with Crippen LogP contribution >= 0.6 is 43.2 Å². The first kappa shape index (κ1) is 28.3. The van der Waals surface area contributed by atoms with Crippen molar-refractivity contribution >= 4 is 55.2 Å². The molecule has 1 aliphatic heterocycles. The van der Waals surface area contributed by atoms with E-state index < -0.39 is 12.0 Å². The van der Waals surface area contributed by atoms with Gasteiger partial charge >= 0.3 is 5.97 Å². The SMILES string of the molecule is CCCC1=C(C(=O)OCC)[C@H](c2cccc(OC)c2)n2c(s/c(=C/c3ccc(-c4cc(Br)ccc4Br)o3)c2=O)=N1. The molecule has 0 amide bonds. The average molecular weight is 686 g/mol. The van der Waals surface area contributed by atoms with Crippen LogP contribution in [0.25, 0.3) is 17.4 Å². The largest absolute Gasteiger partial charge is 0.497 e. The van der Waals surface area contributed by atoms with E-state index in [0.29, 0.717) is 44.3 Å². The molecule has 1 aliphatic rings. The Balaban J connectivity index is 1.68. The van der Waals surface area contributed by atoms with Crippen molar-refractivity contribution in [3.8, 4) is 17.1 Å². The van der Waals surface area contributed by atoms with Gasteiger partial charge in [-0.1, -0.05) is 68.7 Å². The van der Waals surface area contributed by atoms with Crippen LogP contribution in [0.2, 0.25) is 0 Å². The second-order valence-electron chi connectivity index (χ2n) is 9.02. The van der Waals surface area contributed by atoms with E-state index >= 15 is 0 Å². The Labute approximate surface area is 251 Å². The highest BCUT2D eigenvalue weighted by atomic mass is 79.9. The van der Waals surface area contributed by atoms with E-state index in [1.54, 1.807) is 24.7 Å². The number of aromatic nitrogens is 1. The fourth-order valence-electron chi connectivity index (χ4n) is 4.64.